The van der Waals surface area contributed by atoms with Crippen molar-refractivity contribution in [1.82, 2.24) is 66.7 Å². The first-order chi connectivity index (χ1) is 48.8. The number of ketones is 1. The maximum atomic E-state index is 10.9. The van der Waals surface area contributed by atoms with Crippen molar-refractivity contribution in [2.45, 2.75) is 273 Å². The van der Waals surface area contributed by atoms with E-state index in [-0.39, 0.29) is 34.3 Å². The highest BCUT2D eigenvalue weighted by Crippen LogP contribution is 2.25. The van der Waals surface area contributed by atoms with Crippen LogP contribution in [0.25, 0.3) is 0 Å². The molecule has 4 aromatic rings. The monoisotopic (exact) mass is 1440 g/mol. The van der Waals surface area contributed by atoms with E-state index in [2.05, 4.69) is 164 Å². The van der Waals surface area contributed by atoms with Crippen molar-refractivity contribution in [2.75, 3.05) is 13.1 Å². The number of hydrogen-bond acceptors (Lipinski definition) is 14. The Labute approximate surface area is 628 Å². The lowest BCUT2D eigenvalue weighted by Crippen LogP contribution is -2.36. The summed E-state index contributed by atoms with van der Waals surface area (Å²) in [5.74, 6) is 8.34. The first-order valence-corrected chi connectivity index (χ1v) is 38.0. The Morgan fingerprint density at radius 2 is 0.990 bits per heavy atom. The van der Waals surface area contributed by atoms with Crippen molar-refractivity contribution in [2.24, 2.45) is 39.6 Å². The van der Waals surface area contributed by atoms with Crippen LogP contribution in [0.1, 0.15) is 296 Å². The summed E-state index contributed by atoms with van der Waals surface area (Å²) < 4.78 is 0. The minimum absolute atomic E-state index is 0.0717. The zero-order valence-electron chi connectivity index (χ0n) is 71.8. The summed E-state index contributed by atoms with van der Waals surface area (Å²) in [6, 6.07) is 3.15. The number of rotatable bonds is 9. The number of aromatic amines is 5. The number of carbonyl (C=O) groups excluding carboxylic acids is 2. The third-order valence-electron chi connectivity index (χ3n) is 11.9. The number of allylic oxidation sites excluding steroid dienone is 9. The Morgan fingerprint density at radius 1 is 0.476 bits per heavy atom. The predicted molar refractivity (Wildman–Crippen MR) is 452 cm³/mol. The number of Topliss-reactive ketones (excluding diaryl/α,β-unsaturated/α-hetero) is 1. The number of nitrogens with one attached hydrogen (secondary N) is 10. The van der Waals surface area contributed by atoms with E-state index in [0.717, 1.165) is 58.8 Å². The van der Waals surface area contributed by atoms with Crippen LogP contribution < -0.4 is 43.3 Å². The normalized spacial score (nSPS) is 12.5. The van der Waals surface area contributed by atoms with Crippen molar-refractivity contribution >= 4 is 23.4 Å². The lowest BCUT2D eigenvalue weighted by Gasteiger charge is -2.20. The average molecular weight is 1440 g/mol. The molecule has 590 valence electrons. The number of nitrogens with zero attached hydrogens (tertiary/aromatic N) is 5. The van der Waals surface area contributed by atoms with Crippen LogP contribution in [-0.4, -0.2) is 76.6 Å². The molecule has 8 heterocycles. The summed E-state index contributed by atoms with van der Waals surface area (Å²) in [5, 5.41) is 21.0. The van der Waals surface area contributed by atoms with Crippen LogP contribution in [0.3, 0.4) is 0 Å². The molecule has 0 atom stereocenters. The number of hydrogen-bond donors (Lipinski definition) is 10. The molecule has 5 aliphatic rings. The van der Waals surface area contributed by atoms with Crippen molar-refractivity contribution in [3.8, 4) is 0 Å². The zero-order valence-corrected chi connectivity index (χ0v) is 71.8. The second kappa shape index (κ2) is 74.5. The van der Waals surface area contributed by atoms with Gasteiger partial charge in [0.1, 0.15) is 23.3 Å². The summed E-state index contributed by atoms with van der Waals surface area (Å²) >= 11 is 0. The Morgan fingerprint density at radius 3 is 1.26 bits per heavy atom. The van der Waals surface area contributed by atoms with Crippen molar-refractivity contribution in [1.29, 1.82) is 0 Å². The highest BCUT2D eigenvalue weighted by molar-refractivity contribution is 6.17. The standard InChI is InChI=1S/C9H13N.C8H12N2O.C8H12N2.C8H11NO.C8H10O.C7H10N2O.C6H12N2.C6H10N2.C5H9N3O.9C2H6/c1-7(2)9-6-4-5-8(3)10-9;1-5(2)7-4-8(11)10-6(3)9-7;1-6(2)8-9-5-4-7(3)10-8;1-6(2)8-5-7(10)3-4-9-8;1-5(2)7-4-6(3)8(7)9;1-5(2)6-3-8-4-7(10)9-6;2*1-5(2)6-7-3-4-8-6;1-3(2)4-6-5(9)8-7-4;9*1-2/h4-7,10H,3H2,1-2H3;4-5,9H,3H2,1-2H3,(H,10,11);4-6H,3H2,1-2H3,(H,9,10);3-6H,1-2H3,(H,9,10);4-5H,3H2,1-2H3;3-5H,1-2H3,(H,9,10);5H,3-4H2,1-2H3,(H,7,8);3-5H,1-2H3,(H,7,8);3H,1-2H3,(H2,6,7,8,9);9*1-2H3. The van der Waals surface area contributed by atoms with Crippen LogP contribution in [0.15, 0.2) is 176 Å². The van der Waals surface area contributed by atoms with E-state index in [9.17, 15) is 24.0 Å². The van der Waals surface area contributed by atoms with E-state index in [0.29, 0.717) is 64.6 Å². The van der Waals surface area contributed by atoms with Gasteiger partial charge in [0.2, 0.25) is 0 Å². The molecule has 0 aromatic carbocycles. The van der Waals surface area contributed by atoms with Gasteiger partial charge in [-0.2, -0.15) is 5.10 Å². The third kappa shape index (κ3) is 59.5. The molecule has 1 aliphatic carbocycles. The number of pyridine rings is 1. The lowest BCUT2D eigenvalue weighted by molar-refractivity contribution is -0.116. The van der Waals surface area contributed by atoms with E-state index in [1.807, 2.05) is 224 Å². The highest BCUT2D eigenvalue weighted by atomic mass is 16.2. The number of dihydropyridines is 1. The van der Waals surface area contributed by atoms with Crippen LogP contribution >= 0.6 is 0 Å². The summed E-state index contributed by atoms with van der Waals surface area (Å²) in [6.07, 6.45) is 21.3. The fourth-order valence-electron chi connectivity index (χ4n) is 6.78. The Bertz CT molecular complexity index is 3060. The first kappa shape index (κ1) is 113. The minimum Gasteiger partial charge on any atom is -0.372 e. The SMILES string of the molecule is C=C1C=C(C(C)C)C1=O.C=C1C=CC=C(C(C)C)N1.C=C1C=CN=C(C(C)C)N1.C=C1NC(=O)C=C(C(C)C)N1.CC.CC.CC.CC.CC.CC.CC.CC.CC.CC(C)C1=NCCN1.CC(C)c1cc(=O)cc[nH]1.CC(C)c1cncc(=O)[nH]1.CC(C)c1n[nH]c(=O)[nH]1.CC(C)c1ncc[nH]1. The highest BCUT2D eigenvalue weighted by Gasteiger charge is 2.23. The Kier molecular flexibility index (Phi) is 81.6. The molecule has 0 bridgehead atoms. The number of carbonyl (C=O) groups is 2. The third-order valence-corrected chi connectivity index (χ3v) is 11.9. The molecule has 0 unspecified atom stereocenters. The summed E-state index contributed by atoms with van der Waals surface area (Å²) in [4.78, 5) is 81.1. The number of H-pyrrole nitrogens is 5. The molecule has 10 N–H and O–H groups in total. The lowest BCUT2D eigenvalue weighted by atomic mass is 9.85. The fraction of sp³-hybridized carbons (Fsp3) is 0.566. The summed E-state index contributed by atoms with van der Waals surface area (Å²) in [5.41, 5.74) is 7.20. The molecule has 0 saturated carbocycles. The van der Waals surface area contributed by atoms with Crippen LogP contribution in [0, 0.1) is 29.6 Å². The van der Waals surface area contributed by atoms with Crippen molar-refractivity contribution in [3.05, 3.63) is 206 Å². The molecule has 0 spiro atoms. The van der Waals surface area contributed by atoms with Gasteiger partial charge in [-0.3, -0.25) is 34.1 Å². The van der Waals surface area contributed by atoms with E-state index in [4.69, 9.17) is 0 Å². The van der Waals surface area contributed by atoms with Gasteiger partial charge in [-0.25, -0.2) is 19.9 Å². The van der Waals surface area contributed by atoms with Gasteiger partial charge >= 0.3 is 5.69 Å². The van der Waals surface area contributed by atoms with E-state index < -0.39 is 0 Å². The number of aliphatic imine (C=N–C) groups is 2. The second-order valence-corrected chi connectivity index (χ2v) is 22.7. The van der Waals surface area contributed by atoms with Crippen LogP contribution in [-0.2, 0) is 9.59 Å². The first-order valence-electron chi connectivity index (χ1n) is 38.0. The Hall–Kier alpha value is -8.68. The maximum absolute atomic E-state index is 10.9. The molecular formula is C83H153N15O5. The van der Waals surface area contributed by atoms with Gasteiger partial charge in [0.15, 0.2) is 11.2 Å². The number of amidine groups is 2. The molecule has 20 heteroatoms. The van der Waals surface area contributed by atoms with Gasteiger partial charge < -0.3 is 41.5 Å². The Balaban J connectivity index is -0.000000134. The fourth-order valence-corrected chi connectivity index (χ4v) is 6.78. The molecule has 4 aliphatic heterocycles. The van der Waals surface area contributed by atoms with Gasteiger partial charge in [-0.15, -0.1) is 0 Å². The molecule has 0 saturated heterocycles. The van der Waals surface area contributed by atoms with Gasteiger partial charge in [0.25, 0.3) is 11.5 Å². The molecule has 1 amide bonds. The van der Waals surface area contributed by atoms with E-state index in [1.54, 1.807) is 36.9 Å². The van der Waals surface area contributed by atoms with Gasteiger partial charge in [-0.1, -0.05) is 282 Å². The van der Waals surface area contributed by atoms with Crippen LogP contribution in [0.2, 0.25) is 0 Å². The van der Waals surface area contributed by atoms with E-state index >= 15 is 0 Å². The minimum atomic E-state index is -0.237. The number of aromatic nitrogens is 8. The van der Waals surface area contributed by atoms with Gasteiger partial charge in [0.05, 0.1) is 18.6 Å². The molecule has 103 heavy (non-hydrogen) atoms. The van der Waals surface area contributed by atoms with E-state index in [1.165, 1.54) is 23.8 Å². The molecular weight excluding hydrogens is 1290 g/mol. The summed E-state index contributed by atoms with van der Waals surface area (Å²) in [6.45, 7) is 89.9. The summed E-state index contributed by atoms with van der Waals surface area (Å²) in [7, 11) is 0. The van der Waals surface area contributed by atoms with Crippen molar-refractivity contribution < 1.29 is 9.59 Å². The number of amides is 1. The van der Waals surface area contributed by atoms with Crippen LogP contribution in [0.4, 0.5) is 0 Å². The molecule has 20 nitrogen and oxygen atoms in total. The topological polar surface area (TPSA) is 288 Å². The van der Waals surface area contributed by atoms with Crippen molar-refractivity contribution in [3.63, 3.8) is 0 Å². The predicted octanol–water partition coefficient (Wildman–Crippen LogP) is 20.3. The van der Waals surface area contributed by atoms with Crippen LogP contribution in [0.5, 0.6) is 0 Å². The molecule has 9 rings (SSSR count). The number of imidazole rings is 1. The molecule has 0 fully saturated rings. The van der Waals surface area contributed by atoms with Gasteiger partial charge in [0, 0.05) is 125 Å². The second-order valence-electron chi connectivity index (χ2n) is 22.7. The molecule has 0 radical (unpaired) electrons. The largest absolute Gasteiger partial charge is 0.372 e. The maximum Gasteiger partial charge on any atom is 0.340 e. The zero-order chi connectivity index (χ0) is 82.5. The average Bonchev–Trinajstić information content (AvgIpc) is 1.81. The quantitative estimate of drug-likeness (QED) is 0.0700. The smallest absolute Gasteiger partial charge is 0.340 e. The molecule has 4 aromatic heterocycles. The van der Waals surface area contributed by atoms with Gasteiger partial charge in [-0.05, 0) is 53.9 Å².